The molecule has 0 fully saturated rings. The van der Waals surface area contributed by atoms with Crippen molar-refractivity contribution in [1.29, 1.82) is 0 Å². The van der Waals surface area contributed by atoms with Gasteiger partial charge in [-0.2, -0.15) is 0 Å². The number of amides is 1. The third kappa shape index (κ3) is 1.96. The topological polar surface area (TPSA) is 45.2 Å². The molecule has 6 heteroatoms. The Morgan fingerprint density at radius 2 is 2.50 bits per heavy atom. The van der Waals surface area contributed by atoms with Gasteiger partial charge >= 0.3 is 0 Å². The van der Waals surface area contributed by atoms with Crippen LogP contribution in [-0.2, 0) is 17.8 Å². The molecular formula is C8H12BN3OS. The lowest BCUT2D eigenvalue weighted by Crippen LogP contribution is -2.26. The summed E-state index contributed by atoms with van der Waals surface area (Å²) in [6, 6.07) is 0. The zero-order valence-corrected chi connectivity index (χ0v) is 9.15. The summed E-state index contributed by atoms with van der Waals surface area (Å²) >= 11 is 1.58. The molecule has 1 amide bonds. The second kappa shape index (κ2) is 3.71. The quantitative estimate of drug-likeness (QED) is 0.662. The number of fused-ring (bicyclic) bond motifs is 1. The number of rotatable bonds is 1. The van der Waals surface area contributed by atoms with Crippen LogP contribution in [0.1, 0.15) is 17.5 Å². The average Bonchev–Trinajstić information content (AvgIpc) is 2.44. The summed E-state index contributed by atoms with van der Waals surface area (Å²) in [5, 5.41) is 3.46. The molecule has 4 nitrogen and oxygen atoms in total. The number of carbonyl (C=O) groups excluding carboxylic acids is 1. The molecule has 0 aromatic carbocycles. The van der Waals surface area contributed by atoms with Crippen LogP contribution in [0.5, 0.6) is 0 Å². The summed E-state index contributed by atoms with van der Waals surface area (Å²) in [5.41, 5.74) is 1.15. The van der Waals surface area contributed by atoms with E-state index in [4.69, 9.17) is 0 Å². The van der Waals surface area contributed by atoms with Gasteiger partial charge in [0, 0.05) is 24.8 Å². The second-order valence-corrected chi connectivity index (χ2v) is 4.64. The van der Waals surface area contributed by atoms with Crippen LogP contribution in [0.2, 0.25) is 0 Å². The molecule has 1 aromatic rings. The zero-order chi connectivity index (χ0) is 10.1. The zero-order valence-electron chi connectivity index (χ0n) is 8.33. The van der Waals surface area contributed by atoms with Crippen LogP contribution in [0.3, 0.4) is 0 Å². The molecular weight excluding hydrogens is 197 g/mol. The fourth-order valence-electron chi connectivity index (χ4n) is 1.53. The molecule has 14 heavy (non-hydrogen) atoms. The van der Waals surface area contributed by atoms with E-state index in [1.165, 1.54) is 11.8 Å². The van der Waals surface area contributed by atoms with E-state index in [1.54, 1.807) is 11.3 Å². The fraction of sp³-hybridized carbons (Fsp3) is 0.500. The first-order chi connectivity index (χ1) is 6.65. The van der Waals surface area contributed by atoms with Crippen LogP contribution >= 0.6 is 11.3 Å². The molecule has 1 aliphatic rings. The first kappa shape index (κ1) is 9.67. The van der Waals surface area contributed by atoms with E-state index >= 15 is 0 Å². The predicted octanol–water partition coefficient (Wildman–Crippen LogP) is 0.00770. The molecule has 0 aliphatic carbocycles. The Kier molecular flexibility index (Phi) is 2.56. The number of hydrogen-bond acceptors (Lipinski definition) is 4. The SMILES string of the molecule is BN1CCc2nc(NC(C)=O)sc2C1. The Balaban J connectivity index is 2.19. The Morgan fingerprint density at radius 3 is 3.21 bits per heavy atom. The standard InChI is InChI=1S/C8H12BN3OS/c1-5(13)10-8-11-6-2-3-12(9)4-7(6)14-8/h2-4,9H2,1H3,(H,10,11,13). The van der Waals surface area contributed by atoms with E-state index in [0.717, 1.165) is 30.3 Å². The number of anilines is 1. The largest absolute Gasteiger partial charge is 0.344 e. The van der Waals surface area contributed by atoms with Crippen molar-refractivity contribution >= 4 is 30.4 Å². The second-order valence-electron chi connectivity index (χ2n) is 3.56. The Bertz CT molecular complexity index is 365. The van der Waals surface area contributed by atoms with Crippen LogP contribution in [0.15, 0.2) is 0 Å². The number of hydrogen-bond donors (Lipinski definition) is 1. The van der Waals surface area contributed by atoms with Crippen molar-refractivity contribution in [2.45, 2.75) is 19.9 Å². The van der Waals surface area contributed by atoms with Crippen LogP contribution < -0.4 is 5.32 Å². The minimum absolute atomic E-state index is 0.0514. The van der Waals surface area contributed by atoms with Crippen molar-refractivity contribution < 1.29 is 4.79 Å². The van der Waals surface area contributed by atoms with Crippen LogP contribution in [0.4, 0.5) is 5.13 Å². The maximum absolute atomic E-state index is 10.8. The van der Waals surface area contributed by atoms with Crippen molar-refractivity contribution in [3.63, 3.8) is 0 Å². The van der Waals surface area contributed by atoms with Crippen LogP contribution in [0.25, 0.3) is 0 Å². The van der Waals surface area contributed by atoms with E-state index < -0.39 is 0 Å². The Hall–Kier alpha value is -0.875. The van der Waals surface area contributed by atoms with Gasteiger partial charge < -0.3 is 10.1 Å². The van der Waals surface area contributed by atoms with E-state index in [0.29, 0.717) is 0 Å². The molecule has 0 spiro atoms. The molecule has 2 heterocycles. The van der Waals surface area contributed by atoms with Gasteiger partial charge in [0.1, 0.15) is 0 Å². The van der Waals surface area contributed by atoms with Gasteiger partial charge in [0.2, 0.25) is 5.91 Å². The molecule has 0 radical (unpaired) electrons. The summed E-state index contributed by atoms with van der Waals surface area (Å²) in [5.74, 6) is -0.0514. The number of carbonyl (C=O) groups is 1. The van der Waals surface area contributed by atoms with Crippen LogP contribution in [0, 0.1) is 0 Å². The van der Waals surface area contributed by atoms with Crippen molar-refractivity contribution in [3.05, 3.63) is 10.6 Å². The third-order valence-electron chi connectivity index (χ3n) is 2.21. The first-order valence-electron chi connectivity index (χ1n) is 4.60. The van der Waals surface area contributed by atoms with Gasteiger partial charge in [-0.3, -0.25) is 4.79 Å². The summed E-state index contributed by atoms with van der Waals surface area (Å²) < 4.78 is 0. The maximum Gasteiger partial charge on any atom is 0.223 e. The first-order valence-corrected chi connectivity index (χ1v) is 5.41. The summed E-state index contributed by atoms with van der Waals surface area (Å²) in [4.78, 5) is 18.8. The van der Waals surface area contributed by atoms with E-state index in [2.05, 4.69) is 23.1 Å². The van der Waals surface area contributed by atoms with Gasteiger partial charge in [-0.05, 0) is 6.54 Å². The van der Waals surface area contributed by atoms with E-state index in [9.17, 15) is 4.79 Å². The lowest BCUT2D eigenvalue weighted by molar-refractivity contribution is -0.114. The third-order valence-corrected chi connectivity index (χ3v) is 3.20. The lowest BCUT2D eigenvalue weighted by atomic mass is 10.1. The predicted molar refractivity (Wildman–Crippen MR) is 59.1 cm³/mol. The van der Waals surface area contributed by atoms with E-state index in [-0.39, 0.29) is 5.91 Å². The molecule has 0 unspecified atom stereocenters. The van der Waals surface area contributed by atoms with E-state index in [1.807, 2.05) is 0 Å². The summed E-state index contributed by atoms with van der Waals surface area (Å²) in [6.45, 7) is 3.51. The average molecular weight is 209 g/mol. The smallest absolute Gasteiger partial charge is 0.223 e. The fourth-order valence-corrected chi connectivity index (χ4v) is 2.66. The highest BCUT2D eigenvalue weighted by molar-refractivity contribution is 7.15. The number of nitrogens with one attached hydrogen (secondary N) is 1. The van der Waals surface area contributed by atoms with Crippen molar-refractivity contribution in [2.24, 2.45) is 0 Å². The van der Waals surface area contributed by atoms with Gasteiger partial charge in [0.05, 0.1) is 5.69 Å². The summed E-state index contributed by atoms with van der Waals surface area (Å²) in [6.07, 6.45) is 0.988. The highest BCUT2D eigenvalue weighted by atomic mass is 32.1. The Labute approximate surface area is 87.8 Å². The molecule has 0 saturated heterocycles. The van der Waals surface area contributed by atoms with Crippen molar-refractivity contribution in [3.8, 4) is 0 Å². The monoisotopic (exact) mass is 209 g/mol. The number of thiazole rings is 1. The minimum Gasteiger partial charge on any atom is -0.344 e. The summed E-state index contributed by atoms with van der Waals surface area (Å²) in [7, 11) is 2.10. The number of nitrogens with zero attached hydrogens (tertiary/aromatic N) is 2. The molecule has 2 rings (SSSR count). The van der Waals surface area contributed by atoms with Gasteiger partial charge in [-0.1, -0.05) is 0 Å². The molecule has 1 N–H and O–H groups in total. The van der Waals surface area contributed by atoms with Gasteiger partial charge in [0.25, 0.3) is 0 Å². The molecule has 1 aromatic heterocycles. The van der Waals surface area contributed by atoms with Crippen molar-refractivity contribution in [2.75, 3.05) is 11.9 Å². The van der Waals surface area contributed by atoms with Crippen LogP contribution in [-0.4, -0.2) is 30.2 Å². The molecule has 0 bridgehead atoms. The maximum atomic E-state index is 10.8. The molecule has 74 valence electrons. The molecule has 0 atom stereocenters. The molecule has 1 aliphatic heterocycles. The van der Waals surface area contributed by atoms with Gasteiger partial charge in [-0.25, -0.2) is 4.98 Å². The van der Waals surface area contributed by atoms with Crippen molar-refractivity contribution in [1.82, 2.24) is 9.79 Å². The highest BCUT2D eigenvalue weighted by Gasteiger charge is 2.18. The highest BCUT2D eigenvalue weighted by Crippen LogP contribution is 2.27. The van der Waals surface area contributed by atoms with Gasteiger partial charge in [0.15, 0.2) is 13.1 Å². The number of aromatic nitrogens is 1. The minimum atomic E-state index is -0.0514. The molecule has 0 saturated carbocycles. The normalized spacial score (nSPS) is 16.4. The van der Waals surface area contributed by atoms with Gasteiger partial charge in [-0.15, -0.1) is 11.3 Å². The Morgan fingerprint density at radius 1 is 1.71 bits per heavy atom. The lowest BCUT2D eigenvalue weighted by Gasteiger charge is -2.20.